The van der Waals surface area contributed by atoms with E-state index in [4.69, 9.17) is 16.3 Å². The quantitative estimate of drug-likeness (QED) is 0.636. The molecule has 2 aromatic heterocycles. The predicted octanol–water partition coefficient (Wildman–Crippen LogP) is 4.50. The molecule has 0 amide bonds. The summed E-state index contributed by atoms with van der Waals surface area (Å²) in [6, 6.07) is 12.0. The zero-order valence-corrected chi connectivity index (χ0v) is 17.1. The molecule has 1 atom stereocenters. The molecular formula is C22H25ClN4O. The zero-order valence-electron chi connectivity index (χ0n) is 16.3. The van der Waals surface area contributed by atoms with Gasteiger partial charge in [-0.1, -0.05) is 29.8 Å². The van der Waals surface area contributed by atoms with Crippen molar-refractivity contribution in [3.63, 3.8) is 0 Å². The molecule has 4 rings (SSSR count). The van der Waals surface area contributed by atoms with Crippen molar-refractivity contribution in [3.05, 3.63) is 70.8 Å². The standard InChI is InChI=1S/C22H25ClN4O/c1-3-27-14-19(16(2)25-27)13-26-9-10-28-22(15-26)21-8-7-18(12-24-21)17-5-4-6-20(23)11-17/h4-8,11-12,14,22H,3,9-10,13,15H2,1-2H3/t22-/m1/s1. The molecule has 3 aromatic rings. The van der Waals surface area contributed by atoms with Crippen LogP contribution in [-0.2, 0) is 17.8 Å². The smallest absolute Gasteiger partial charge is 0.112 e. The number of benzene rings is 1. The lowest BCUT2D eigenvalue weighted by atomic mass is 10.1. The van der Waals surface area contributed by atoms with E-state index in [1.54, 1.807) is 0 Å². The third-order valence-corrected chi connectivity index (χ3v) is 5.43. The van der Waals surface area contributed by atoms with E-state index >= 15 is 0 Å². The van der Waals surface area contributed by atoms with Crippen molar-refractivity contribution in [2.24, 2.45) is 0 Å². The Labute approximate surface area is 170 Å². The van der Waals surface area contributed by atoms with Crippen LogP contribution in [0.2, 0.25) is 5.02 Å². The molecule has 1 fully saturated rings. The van der Waals surface area contributed by atoms with Crippen molar-refractivity contribution in [2.45, 2.75) is 33.0 Å². The van der Waals surface area contributed by atoms with Crippen LogP contribution < -0.4 is 0 Å². The topological polar surface area (TPSA) is 43.2 Å². The first kappa shape index (κ1) is 19.1. The fourth-order valence-corrected chi connectivity index (χ4v) is 3.77. The van der Waals surface area contributed by atoms with Gasteiger partial charge in [0, 0.05) is 54.7 Å². The first-order chi connectivity index (χ1) is 13.6. The van der Waals surface area contributed by atoms with E-state index in [0.29, 0.717) is 6.61 Å². The van der Waals surface area contributed by atoms with E-state index < -0.39 is 0 Å². The first-order valence-electron chi connectivity index (χ1n) is 9.71. The maximum absolute atomic E-state index is 6.10. The number of hydrogen-bond acceptors (Lipinski definition) is 4. The summed E-state index contributed by atoms with van der Waals surface area (Å²) in [5, 5.41) is 5.28. The summed E-state index contributed by atoms with van der Waals surface area (Å²) in [6.07, 6.45) is 4.04. The van der Waals surface area contributed by atoms with Crippen LogP contribution in [0.3, 0.4) is 0 Å². The van der Waals surface area contributed by atoms with Crippen molar-refractivity contribution in [2.75, 3.05) is 19.7 Å². The Hall–Kier alpha value is -2.21. The summed E-state index contributed by atoms with van der Waals surface area (Å²) in [5.41, 5.74) is 5.49. The molecule has 0 unspecified atom stereocenters. The lowest BCUT2D eigenvalue weighted by molar-refractivity contribution is -0.0350. The minimum atomic E-state index is -0.0105. The molecule has 0 bridgehead atoms. The molecule has 6 heteroatoms. The molecule has 146 valence electrons. The average molecular weight is 397 g/mol. The molecule has 1 saturated heterocycles. The third-order valence-electron chi connectivity index (χ3n) is 5.19. The van der Waals surface area contributed by atoms with E-state index in [0.717, 1.165) is 53.7 Å². The Bertz CT molecular complexity index is 938. The van der Waals surface area contributed by atoms with Gasteiger partial charge in [0.1, 0.15) is 6.10 Å². The maximum Gasteiger partial charge on any atom is 0.112 e. The summed E-state index contributed by atoms with van der Waals surface area (Å²) in [4.78, 5) is 7.09. The summed E-state index contributed by atoms with van der Waals surface area (Å²) < 4.78 is 8.01. The van der Waals surface area contributed by atoms with E-state index in [1.165, 1.54) is 5.56 Å². The molecule has 5 nitrogen and oxygen atoms in total. The van der Waals surface area contributed by atoms with E-state index in [2.05, 4.69) is 47.2 Å². The molecule has 1 aromatic carbocycles. The van der Waals surface area contributed by atoms with Gasteiger partial charge in [0.05, 0.1) is 18.0 Å². The summed E-state index contributed by atoms with van der Waals surface area (Å²) in [6.45, 7) is 8.45. The molecule has 0 spiro atoms. The number of aromatic nitrogens is 3. The van der Waals surface area contributed by atoms with Crippen LogP contribution in [-0.4, -0.2) is 39.4 Å². The van der Waals surface area contributed by atoms with Gasteiger partial charge in [-0.2, -0.15) is 5.10 Å². The van der Waals surface area contributed by atoms with Gasteiger partial charge in [-0.3, -0.25) is 14.6 Å². The van der Waals surface area contributed by atoms with Gasteiger partial charge >= 0.3 is 0 Å². The lowest BCUT2D eigenvalue weighted by Crippen LogP contribution is -2.38. The number of morpholine rings is 1. The Morgan fingerprint density at radius 3 is 2.82 bits per heavy atom. The van der Waals surface area contributed by atoms with Gasteiger partial charge in [0.15, 0.2) is 0 Å². The molecule has 0 aliphatic carbocycles. The van der Waals surface area contributed by atoms with Crippen LogP contribution in [0.1, 0.15) is 30.0 Å². The van der Waals surface area contributed by atoms with Gasteiger partial charge in [-0.15, -0.1) is 0 Å². The fourth-order valence-electron chi connectivity index (χ4n) is 3.58. The van der Waals surface area contributed by atoms with Crippen LogP contribution in [0.15, 0.2) is 48.8 Å². The van der Waals surface area contributed by atoms with E-state index in [1.807, 2.05) is 35.1 Å². The van der Waals surface area contributed by atoms with E-state index in [9.17, 15) is 0 Å². The SMILES string of the molecule is CCn1cc(CN2CCO[C@@H](c3ccc(-c4cccc(Cl)c4)cn3)C2)c(C)n1. The average Bonchev–Trinajstić information content (AvgIpc) is 3.08. The summed E-state index contributed by atoms with van der Waals surface area (Å²) in [5.74, 6) is 0. The highest BCUT2D eigenvalue weighted by Crippen LogP contribution is 2.26. The van der Waals surface area contributed by atoms with Crippen LogP contribution in [0.4, 0.5) is 0 Å². The monoisotopic (exact) mass is 396 g/mol. The van der Waals surface area contributed by atoms with Gasteiger partial charge in [0.2, 0.25) is 0 Å². The van der Waals surface area contributed by atoms with Crippen LogP contribution >= 0.6 is 11.6 Å². The van der Waals surface area contributed by atoms with Crippen LogP contribution in [0.5, 0.6) is 0 Å². The molecule has 28 heavy (non-hydrogen) atoms. The third kappa shape index (κ3) is 4.27. The predicted molar refractivity (Wildman–Crippen MR) is 111 cm³/mol. The maximum atomic E-state index is 6.10. The number of hydrogen-bond donors (Lipinski definition) is 0. The second kappa shape index (κ2) is 8.43. The number of ether oxygens (including phenoxy) is 1. The molecule has 1 aliphatic rings. The van der Waals surface area contributed by atoms with Gasteiger partial charge in [0.25, 0.3) is 0 Å². The van der Waals surface area contributed by atoms with Crippen LogP contribution in [0, 0.1) is 6.92 Å². The van der Waals surface area contributed by atoms with Crippen molar-refractivity contribution in [1.82, 2.24) is 19.7 Å². The van der Waals surface area contributed by atoms with Crippen molar-refractivity contribution in [1.29, 1.82) is 0 Å². The number of nitrogens with zero attached hydrogens (tertiary/aromatic N) is 4. The highest BCUT2D eigenvalue weighted by Gasteiger charge is 2.24. The molecule has 0 N–H and O–H groups in total. The highest BCUT2D eigenvalue weighted by atomic mass is 35.5. The lowest BCUT2D eigenvalue weighted by Gasteiger charge is -2.32. The Morgan fingerprint density at radius 1 is 1.21 bits per heavy atom. The number of pyridine rings is 1. The minimum absolute atomic E-state index is 0.0105. The van der Waals surface area contributed by atoms with Crippen molar-refractivity contribution in [3.8, 4) is 11.1 Å². The number of aryl methyl sites for hydroxylation is 2. The van der Waals surface area contributed by atoms with Crippen molar-refractivity contribution >= 4 is 11.6 Å². The minimum Gasteiger partial charge on any atom is -0.369 e. The van der Waals surface area contributed by atoms with E-state index in [-0.39, 0.29) is 6.10 Å². The van der Waals surface area contributed by atoms with Crippen LogP contribution in [0.25, 0.3) is 11.1 Å². The Balaban J connectivity index is 1.44. The van der Waals surface area contributed by atoms with Gasteiger partial charge in [-0.25, -0.2) is 0 Å². The summed E-state index contributed by atoms with van der Waals surface area (Å²) >= 11 is 6.10. The highest BCUT2D eigenvalue weighted by molar-refractivity contribution is 6.30. The molecule has 1 aliphatic heterocycles. The normalized spacial score (nSPS) is 17.8. The first-order valence-corrected chi connectivity index (χ1v) is 10.1. The molecule has 0 radical (unpaired) electrons. The molecule has 0 saturated carbocycles. The zero-order chi connectivity index (χ0) is 19.5. The number of halogens is 1. The Kier molecular flexibility index (Phi) is 5.76. The van der Waals surface area contributed by atoms with Gasteiger partial charge < -0.3 is 4.74 Å². The Morgan fingerprint density at radius 2 is 2.11 bits per heavy atom. The second-order valence-electron chi connectivity index (χ2n) is 7.17. The number of rotatable bonds is 5. The molecular weight excluding hydrogens is 372 g/mol. The molecule has 3 heterocycles. The fraction of sp³-hybridized carbons (Fsp3) is 0.364. The summed E-state index contributed by atoms with van der Waals surface area (Å²) in [7, 11) is 0. The van der Waals surface area contributed by atoms with Crippen molar-refractivity contribution < 1.29 is 4.74 Å². The largest absolute Gasteiger partial charge is 0.369 e. The van der Waals surface area contributed by atoms with Gasteiger partial charge in [-0.05, 0) is 37.6 Å². The second-order valence-corrected chi connectivity index (χ2v) is 7.61.